The number of hydrogen-bond acceptors (Lipinski definition) is 3. The van der Waals surface area contributed by atoms with Crippen molar-refractivity contribution in [2.75, 3.05) is 5.73 Å². The van der Waals surface area contributed by atoms with Crippen LogP contribution in [-0.4, -0.2) is 14.8 Å². The lowest BCUT2D eigenvalue weighted by Gasteiger charge is -2.21. The van der Waals surface area contributed by atoms with Crippen molar-refractivity contribution in [2.45, 2.75) is 38.1 Å². The van der Waals surface area contributed by atoms with Crippen LogP contribution in [0.15, 0.2) is 24.5 Å². The summed E-state index contributed by atoms with van der Waals surface area (Å²) in [6, 6.07) is 3.42. The molecule has 0 amide bonds. The fourth-order valence-corrected chi connectivity index (χ4v) is 2.65. The van der Waals surface area contributed by atoms with Gasteiger partial charge in [0.1, 0.15) is 11.5 Å². The third kappa shape index (κ3) is 2.45. The van der Waals surface area contributed by atoms with Crippen LogP contribution in [0.5, 0.6) is 0 Å². The van der Waals surface area contributed by atoms with Gasteiger partial charge in [0.25, 0.3) is 0 Å². The third-order valence-electron chi connectivity index (χ3n) is 3.68. The molecule has 100 valence electrons. The molecule has 0 radical (unpaired) electrons. The molecule has 1 saturated carbocycles. The average Bonchev–Trinajstić information content (AvgIpc) is 2.83. The molecular formula is C14H17FN4. The van der Waals surface area contributed by atoms with Gasteiger partial charge in [-0.15, -0.1) is 0 Å². The van der Waals surface area contributed by atoms with Crippen LogP contribution in [0.2, 0.25) is 0 Å². The van der Waals surface area contributed by atoms with Crippen LogP contribution >= 0.6 is 0 Å². The van der Waals surface area contributed by atoms with Crippen LogP contribution in [0.25, 0.3) is 11.4 Å². The molecule has 2 N–H and O–H groups in total. The van der Waals surface area contributed by atoms with Crippen LogP contribution in [0.1, 0.15) is 38.1 Å². The van der Waals surface area contributed by atoms with Crippen LogP contribution in [0, 0.1) is 5.82 Å². The second kappa shape index (κ2) is 4.99. The summed E-state index contributed by atoms with van der Waals surface area (Å²) in [5.74, 6) is -0.353. The van der Waals surface area contributed by atoms with Gasteiger partial charge < -0.3 is 5.73 Å². The van der Waals surface area contributed by atoms with Crippen LogP contribution in [0.4, 0.5) is 10.1 Å². The standard InChI is InChI=1S/C14H17FN4/c15-10-6-7-13(17-8-10)14-12(16)9-19(18-14)11-4-2-1-3-5-11/h6-9,11H,1-5,16H2. The Labute approximate surface area is 111 Å². The van der Waals surface area contributed by atoms with Crippen molar-refractivity contribution in [2.24, 2.45) is 0 Å². The fraction of sp³-hybridized carbons (Fsp3) is 0.429. The molecule has 0 bridgehead atoms. The summed E-state index contributed by atoms with van der Waals surface area (Å²) in [4.78, 5) is 4.04. The lowest BCUT2D eigenvalue weighted by atomic mass is 9.96. The predicted molar refractivity (Wildman–Crippen MR) is 72.0 cm³/mol. The lowest BCUT2D eigenvalue weighted by Crippen LogP contribution is -2.13. The van der Waals surface area contributed by atoms with Crippen molar-refractivity contribution in [3.63, 3.8) is 0 Å². The van der Waals surface area contributed by atoms with Gasteiger partial charge in [-0.2, -0.15) is 5.10 Å². The molecule has 2 aromatic heterocycles. The first-order valence-corrected chi connectivity index (χ1v) is 6.70. The topological polar surface area (TPSA) is 56.7 Å². The summed E-state index contributed by atoms with van der Waals surface area (Å²) in [5.41, 5.74) is 7.87. The zero-order chi connectivity index (χ0) is 13.2. The summed E-state index contributed by atoms with van der Waals surface area (Å²) in [6.07, 6.45) is 9.16. The maximum absolute atomic E-state index is 12.9. The van der Waals surface area contributed by atoms with Gasteiger partial charge in [-0.25, -0.2) is 4.39 Å². The van der Waals surface area contributed by atoms with Gasteiger partial charge in [-0.3, -0.25) is 9.67 Å². The Hall–Kier alpha value is -1.91. The number of nitrogens with two attached hydrogens (primary N) is 1. The van der Waals surface area contributed by atoms with Gasteiger partial charge in [0.2, 0.25) is 0 Å². The van der Waals surface area contributed by atoms with Gasteiger partial charge in [0.05, 0.1) is 23.6 Å². The minimum absolute atomic E-state index is 0.353. The Bertz CT molecular complexity index is 555. The minimum Gasteiger partial charge on any atom is -0.396 e. The predicted octanol–water partition coefficient (Wildman–Crippen LogP) is 3.17. The first kappa shape index (κ1) is 12.1. The monoisotopic (exact) mass is 260 g/mol. The van der Waals surface area contributed by atoms with Crippen LogP contribution in [-0.2, 0) is 0 Å². The highest BCUT2D eigenvalue weighted by molar-refractivity contribution is 5.68. The summed E-state index contributed by atoms with van der Waals surface area (Å²) >= 11 is 0. The number of nitrogen functional groups attached to an aromatic ring is 1. The summed E-state index contributed by atoms with van der Waals surface area (Å²) in [6.45, 7) is 0. The zero-order valence-corrected chi connectivity index (χ0v) is 10.7. The highest BCUT2D eigenvalue weighted by Crippen LogP contribution is 2.30. The molecular weight excluding hydrogens is 243 g/mol. The van der Waals surface area contributed by atoms with E-state index in [1.807, 2.05) is 10.9 Å². The van der Waals surface area contributed by atoms with E-state index in [4.69, 9.17) is 5.73 Å². The average molecular weight is 260 g/mol. The number of aromatic nitrogens is 3. The molecule has 1 aliphatic carbocycles. The Balaban J connectivity index is 1.90. The van der Waals surface area contributed by atoms with Gasteiger partial charge in [0.15, 0.2) is 0 Å². The lowest BCUT2D eigenvalue weighted by molar-refractivity contribution is 0.330. The van der Waals surface area contributed by atoms with E-state index in [0.717, 1.165) is 12.8 Å². The number of nitrogens with zero attached hydrogens (tertiary/aromatic N) is 3. The van der Waals surface area contributed by atoms with Crippen molar-refractivity contribution < 1.29 is 4.39 Å². The van der Waals surface area contributed by atoms with Crippen molar-refractivity contribution in [3.05, 3.63) is 30.3 Å². The molecule has 5 heteroatoms. The number of rotatable bonds is 2. The molecule has 4 nitrogen and oxygen atoms in total. The second-order valence-corrected chi connectivity index (χ2v) is 5.07. The van der Waals surface area contributed by atoms with E-state index in [2.05, 4.69) is 10.1 Å². The Kier molecular flexibility index (Phi) is 3.19. The molecule has 3 rings (SSSR count). The summed E-state index contributed by atoms with van der Waals surface area (Å²) in [7, 11) is 0. The van der Waals surface area contributed by atoms with Gasteiger partial charge in [-0.05, 0) is 25.0 Å². The first-order chi connectivity index (χ1) is 9.24. The van der Waals surface area contributed by atoms with Crippen LogP contribution < -0.4 is 5.73 Å². The summed E-state index contributed by atoms with van der Waals surface area (Å²) in [5, 5.41) is 4.54. The van der Waals surface area contributed by atoms with E-state index in [-0.39, 0.29) is 5.82 Å². The number of anilines is 1. The zero-order valence-electron chi connectivity index (χ0n) is 10.7. The van der Waals surface area contributed by atoms with E-state index < -0.39 is 0 Å². The fourth-order valence-electron chi connectivity index (χ4n) is 2.65. The first-order valence-electron chi connectivity index (χ1n) is 6.70. The highest BCUT2D eigenvalue weighted by atomic mass is 19.1. The Morgan fingerprint density at radius 3 is 2.68 bits per heavy atom. The SMILES string of the molecule is Nc1cn(C2CCCCC2)nc1-c1ccc(F)cn1. The molecule has 0 unspecified atom stereocenters. The van der Waals surface area contributed by atoms with Crippen LogP contribution in [0.3, 0.4) is 0 Å². The molecule has 0 spiro atoms. The van der Waals surface area contributed by atoms with Crippen molar-refractivity contribution in [1.82, 2.24) is 14.8 Å². The Morgan fingerprint density at radius 2 is 2.00 bits per heavy atom. The second-order valence-electron chi connectivity index (χ2n) is 5.07. The molecule has 1 aliphatic rings. The molecule has 0 saturated heterocycles. The van der Waals surface area contributed by atoms with E-state index >= 15 is 0 Å². The molecule has 2 heterocycles. The number of halogens is 1. The van der Waals surface area contributed by atoms with E-state index in [1.54, 1.807) is 6.07 Å². The molecule has 0 aromatic carbocycles. The largest absolute Gasteiger partial charge is 0.396 e. The maximum atomic E-state index is 12.9. The third-order valence-corrected chi connectivity index (χ3v) is 3.68. The maximum Gasteiger partial charge on any atom is 0.141 e. The smallest absolute Gasteiger partial charge is 0.141 e. The van der Waals surface area contributed by atoms with E-state index in [0.29, 0.717) is 23.1 Å². The van der Waals surface area contributed by atoms with Crippen molar-refractivity contribution in [3.8, 4) is 11.4 Å². The minimum atomic E-state index is -0.353. The number of pyridine rings is 1. The van der Waals surface area contributed by atoms with Gasteiger partial charge >= 0.3 is 0 Å². The van der Waals surface area contributed by atoms with Gasteiger partial charge in [0, 0.05) is 6.20 Å². The van der Waals surface area contributed by atoms with Crippen molar-refractivity contribution >= 4 is 5.69 Å². The molecule has 0 atom stereocenters. The van der Waals surface area contributed by atoms with Gasteiger partial charge in [-0.1, -0.05) is 19.3 Å². The quantitative estimate of drug-likeness (QED) is 0.902. The van der Waals surface area contributed by atoms with Crippen molar-refractivity contribution in [1.29, 1.82) is 0 Å². The van der Waals surface area contributed by atoms with E-state index in [9.17, 15) is 4.39 Å². The van der Waals surface area contributed by atoms with E-state index in [1.165, 1.54) is 31.5 Å². The number of hydrogen-bond donors (Lipinski definition) is 1. The highest BCUT2D eigenvalue weighted by Gasteiger charge is 2.18. The summed E-state index contributed by atoms with van der Waals surface area (Å²) < 4.78 is 14.8. The normalized spacial score (nSPS) is 16.7. The molecule has 2 aromatic rings. The molecule has 1 fully saturated rings. The Morgan fingerprint density at radius 1 is 1.21 bits per heavy atom. The molecule has 19 heavy (non-hydrogen) atoms. The molecule has 0 aliphatic heterocycles.